The van der Waals surface area contributed by atoms with Crippen LogP contribution in [0.2, 0.25) is 0 Å². The summed E-state index contributed by atoms with van der Waals surface area (Å²) in [4.78, 5) is 7.51. The molecule has 8 rings (SSSR count). The van der Waals surface area contributed by atoms with E-state index in [1.54, 1.807) is 0 Å². The van der Waals surface area contributed by atoms with E-state index in [1.807, 2.05) is 0 Å². The lowest BCUT2D eigenvalue weighted by molar-refractivity contribution is 0.632. The zero-order chi connectivity index (χ0) is 26.8. The minimum Gasteiger partial charge on any atom is -0.309 e. The first kappa shape index (κ1) is 23.0. The van der Waals surface area contributed by atoms with Gasteiger partial charge in [0.05, 0.1) is 22.6 Å². The molecule has 0 aliphatic carbocycles. The summed E-state index contributed by atoms with van der Waals surface area (Å²) in [6, 6.07) is 46.0. The van der Waals surface area contributed by atoms with Crippen LogP contribution in [0.25, 0.3) is 43.6 Å². The van der Waals surface area contributed by atoms with Crippen molar-refractivity contribution in [2.45, 2.75) is 19.3 Å². The molecule has 190 valence electrons. The molecule has 0 spiro atoms. The Labute approximate surface area is 234 Å². The van der Waals surface area contributed by atoms with Crippen LogP contribution in [0.3, 0.4) is 0 Å². The molecular weight excluding hydrogens is 484 g/mol. The highest BCUT2D eigenvalue weighted by atomic mass is 15.2. The summed E-state index contributed by atoms with van der Waals surface area (Å²) in [6.45, 7) is 4.68. The molecule has 0 bridgehead atoms. The standard InChI is InChI=1S/C38H28N2/c1-38(2)30-19-9-12-22-33(30)40(34-23-13-10-20-31(34)38)37-27-17-7-6-16-26(27)35(25-14-4-3-5-15-25)36-28-18-8-11-21-32(28)39-24-29(36)37/h3-24H,1-2H3. The molecule has 6 aromatic carbocycles. The van der Waals surface area contributed by atoms with Crippen LogP contribution in [0.1, 0.15) is 25.0 Å². The Kier molecular flexibility index (Phi) is 4.90. The van der Waals surface area contributed by atoms with Gasteiger partial charge >= 0.3 is 0 Å². The lowest BCUT2D eigenvalue weighted by Crippen LogP contribution is -2.30. The summed E-state index contributed by atoms with van der Waals surface area (Å²) in [7, 11) is 0. The van der Waals surface area contributed by atoms with E-state index in [2.05, 4.69) is 152 Å². The third-order valence-electron chi connectivity index (χ3n) is 8.65. The van der Waals surface area contributed by atoms with Gasteiger partial charge in [-0.2, -0.15) is 0 Å². The molecule has 2 heterocycles. The second-order valence-electron chi connectivity index (χ2n) is 11.2. The van der Waals surface area contributed by atoms with Crippen molar-refractivity contribution in [2.75, 3.05) is 4.90 Å². The molecular formula is C38H28N2. The Morgan fingerprint density at radius 2 is 1.07 bits per heavy atom. The molecule has 0 saturated heterocycles. The second kappa shape index (κ2) is 8.53. The van der Waals surface area contributed by atoms with Gasteiger partial charge in [-0.25, -0.2) is 0 Å². The predicted molar refractivity (Wildman–Crippen MR) is 169 cm³/mol. The second-order valence-corrected chi connectivity index (χ2v) is 11.2. The van der Waals surface area contributed by atoms with Crippen LogP contribution >= 0.6 is 0 Å². The first-order chi connectivity index (χ1) is 19.6. The topological polar surface area (TPSA) is 16.1 Å². The summed E-state index contributed by atoms with van der Waals surface area (Å²) < 4.78 is 0. The lowest BCUT2D eigenvalue weighted by atomic mass is 9.73. The highest BCUT2D eigenvalue weighted by molar-refractivity contribution is 6.28. The van der Waals surface area contributed by atoms with Crippen molar-refractivity contribution < 1.29 is 0 Å². The van der Waals surface area contributed by atoms with E-state index in [0.29, 0.717) is 0 Å². The number of benzene rings is 6. The van der Waals surface area contributed by atoms with Gasteiger partial charge < -0.3 is 4.90 Å². The molecule has 0 N–H and O–H groups in total. The summed E-state index contributed by atoms with van der Waals surface area (Å²) in [5.41, 5.74) is 9.63. The van der Waals surface area contributed by atoms with Gasteiger partial charge in [0.25, 0.3) is 0 Å². The Hall–Kier alpha value is -4.95. The fraction of sp³-hybridized carbons (Fsp3) is 0.0789. The number of fused-ring (bicyclic) bond motifs is 6. The number of pyridine rings is 1. The van der Waals surface area contributed by atoms with Gasteiger partial charge in [0.15, 0.2) is 0 Å². The van der Waals surface area contributed by atoms with E-state index in [1.165, 1.54) is 60.9 Å². The monoisotopic (exact) mass is 512 g/mol. The van der Waals surface area contributed by atoms with E-state index < -0.39 is 0 Å². The zero-order valence-corrected chi connectivity index (χ0v) is 22.6. The minimum atomic E-state index is -0.121. The minimum absolute atomic E-state index is 0.121. The Morgan fingerprint density at radius 1 is 0.525 bits per heavy atom. The molecule has 1 aliphatic rings. The van der Waals surface area contributed by atoms with Gasteiger partial charge in [-0.05, 0) is 45.8 Å². The molecule has 1 aromatic heterocycles. The van der Waals surface area contributed by atoms with Gasteiger partial charge in [-0.15, -0.1) is 0 Å². The zero-order valence-electron chi connectivity index (χ0n) is 22.6. The van der Waals surface area contributed by atoms with Gasteiger partial charge in [0.2, 0.25) is 0 Å². The van der Waals surface area contributed by atoms with Gasteiger partial charge in [-0.3, -0.25) is 4.98 Å². The fourth-order valence-electron chi connectivity index (χ4n) is 6.83. The summed E-state index contributed by atoms with van der Waals surface area (Å²) in [6.07, 6.45) is 2.09. The average Bonchev–Trinajstić information content (AvgIpc) is 3.01. The Balaban J connectivity index is 1.61. The van der Waals surface area contributed by atoms with Crippen molar-refractivity contribution in [3.8, 4) is 11.1 Å². The number of anilines is 3. The molecule has 1 aliphatic heterocycles. The van der Waals surface area contributed by atoms with Crippen LogP contribution in [0.15, 0.2) is 134 Å². The molecule has 2 heteroatoms. The van der Waals surface area contributed by atoms with Crippen LogP contribution in [0.4, 0.5) is 17.1 Å². The van der Waals surface area contributed by atoms with E-state index in [-0.39, 0.29) is 5.41 Å². The highest BCUT2D eigenvalue weighted by Gasteiger charge is 2.37. The van der Waals surface area contributed by atoms with Crippen LogP contribution in [0.5, 0.6) is 0 Å². The normalized spacial score (nSPS) is 13.9. The number of nitrogens with zero attached hydrogens (tertiary/aromatic N) is 2. The van der Waals surface area contributed by atoms with Crippen LogP contribution in [0, 0.1) is 0 Å². The van der Waals surface area contributed by atoms with E-state index >= 15 is 0 Å². The van der Waals surface area contributed by atoms with Crippen molar-refractivity contribution >= 4 is 49.5 Å². The molecule has 40 heavy (non-hydrogen) atoms. The van der Waals surface area contributed by atoms with E-state index in [9.17, 15) is 0 Å². The maximum atomic E-state index is 5.02. The molecule has 7 aromatic rings. The average molecular weight is 513 g/mol. The lowest BCUT2D eigenvalue weighted by Gasteiger charge is -2.42. The van der Waals surface area contributed by atoms with Crippen molar-refractivity contribution in [2.24, 2.45) is 0 Å². The third kappa shape index (κ3) is 3.14. The molecule has 0 radical (unpaired) electrons. The van der Waals surface area contributed by atoms with Crippen LogP contribution < -0.4 is 4.90 Å². The van der Waals surface area contributed by atoms with E-state index in [4.69, 9.17) is 4.98 Å². The Morgan fingerprint density at radius 3 is 1.77 bits per heavy atom. The number of para-hydroxylation sites is 3. The van der Waals surface area contributed by atoms with Gasteiger partial charge in [-0.1, -0.05) is 123 Å². The maximum Gasteiger partial charge on any atom is 0.0708 e. The van der Waals surface area contributed by atoms with Gasteiger partial charge in [0, 0.05) is 33.2 Å². The highest BCUT2D eigenvalue weighted by Crippen LogP contribution is 2.55. The first-order valence-corrected chi connectivity index (χ1v) is 13.9. The third-order valence-corrected chi connectivity index (χ3v) is 8.65. The van der Waals surface area contributed by atoms with Crippen molar-refractivity contribution in [1.82, 2.24) is 4.98 Å². The van der Waals surface area contributed by atoms with Gasteiger partial charge in [0.1, 0.15) is 0 Å². The van der Waals surface area contributed by atoms with Crippen molar-refractivity contribution in [3.63, 3.8) is 0 Å². The van der Waals surface area contributed by atoms with Crippen LogP contribution in [-0.4, -0.2) is 4.98 Å². The quantitative estimate of drug-likeness (QED) is 0.169. The molecule has 0 amide bonds. The predicted octanol–water partition coefficient (Wildman–Crippen LogP) is 10.3. The number of rotatable bonds is 2. The van der Waals surface area contributed by atoms with Crippen molar-refractivity contribution in [1.29, 1.82) is 0 Å². The molecule has 0 atom stereocenters. The number of hydrogen-bond donors (Lipinski definition) is 0. The molecule has 0 fully saturated rings. The Bertz CT molecular complexity index is 2040. The summed E-state index contributed by atoms with van der Waals surface area (Å²) >= 11 is 0. The maximum absolute atomic E-state index is 5.02. The summed E-state index contributed by atoms with van der Waals surface area (Å²) in [5.74, 6) is 0. The van der Waals surface area contributed by atoms with Crippen LogP contribution in [-0.2, 0) is 5.41 Å². The van der Waals surface area contributed by atoms with Crippen molar-refractivity contribution in [3.05, 3.63) is 145 Å². The summed E-state index contributed by atoms with van der Waals surface area (Å²) in [5, 5.41) is 6.03. The number of aromatic nitrogens is 1. The molecule has 0 unspecified atom stereocenters. The SMILES string of the molecule is CC1(C)c2ccccc2N(c2c3ccccc3c(-c3ccccc3)c3c2cnc2ccccc23)c2ccccc21. The fourth-order valence-corrected chi connectivity index (χ4v) is 6.83. The largest absolute Gasteiger partial charge is 0.309 e. The molecule has 0 saturated carbocycles. The smallest absolute Gasteiger partial charge is 0.0708 e. The molecule has 2 nitrogen and oxygen atoms in total. The number of hydrogen-bond acceptors (Lipinski definition) is 2. The van der Waals surface area contributed by atoms with E-state index in [0.717, 1.165) is 10.9 Å². The first-order valence-electron chi connectivity index (χ1n) is 13.9.